The van der Waals surface area contributed by atoms with E-state index in [0.717, 1.165) is 74.1 Å². The van der Waals surface area contributed by atoms with Crippen LogP contribution in [0.3, 0.4) is 0 Å². The topological polar surface area (TPSA) is 18.5 Å². The Hall–Kier alpha value is -4.12. The lowest BCUT2D eigenvalue weighted by molar-refractivity contribution is 0.257. The second-order valence-corrected chi connectivity index (χ2v) is 31.0. The summed E-state index contributed by atoms with van der Waals surface area (Å²) in [6, 6.07) is 42.2. The van der Waals surface area contributed by atoms with Crippen molar-refractivity contribution in [3.8, 4) is 64.4 Å². The molecule has 0 amide bonds. The first-order valence-corrected chi connectivity index (χ1v) is 40.3. The Labute approximate surface area is 567 Å². The van der Waals surface area contributed by atoms with Gasteiger partial charge in [0.05, 0.1) is 13.2 Å². The average molecular weight is 1270 g/mol. The molecule has 0 bridgehead atoms. The summed E-state index contributed by atoms with van der Waals surface area (Å²) < 4.78 is 13.0. The van der Waals surface area contributed by atoms with Crippen LogP contribution in [0.2, 0.25) is 0 Å². The highest BCUT2D eigenvalue weighted by Crippen LogP contribution is 2.56. The van der Waals surface area contributed by atoms with E-state index in [-0.39, 0.29) is 5.41 Å². The minimum atomic E-state index is -0.00833. The van der Waals surface area contributed by atoms with Crippen molar-refractivity contribution in [1.29, 1.82) is 0 Å². The standard InChI is InChI=1S/C87H130O2S2/c1-9-15-19-23-27-31-37-69(7)39-35-43-71(41-33-29-25-21-17-11-3)61-65-88-77-51-45-73(46-52-77)83-57-59-85(90-83)75-49-55-79-80-56-50-76(68-82(80)87(63-13-5,64-14-6)81(79)67-75)86-60-58-84(91-86)74-47-53-78(54-48-74)89-66-62-72(42-34-30-26-22-18-12-4)44-36-40-70(8)38-32-28-24-20-16-10-2/h45-60,67-72H,9-44,61-66H2,1-8H3. The van der Waals surface area contributed by atoms with Crippen molar-refractivity contribution >= 4 is 22.7 Å². The first-order chi connectivity index (χ1) is 44.7. The van der Waals surface area contributed by atoms with Crippen LogP contribution in [-0.4, -0.2) is 13.2 Å². The number of rotatable bonds is 52. The maximum absolute atomic E-state index is 6.52. The number of ether oxygens (including phenoxy) is 2. The molecule has 1 aliphatic rings. The van der Waals surface area contributed by atoms with Crippen LogP contribution in [0.1, 0.15) is 323 Å². The third-order valence-electron chi connectivity index (χ3n) is 21.0. The highest BCUT2D eigenvalue weighted by Gasteiger charge is 2.42. The van der Waals surface area contributed by atoms with E-state index in [1.54, 1.807) is 0 Å². The zero-order valence-corrected chi connectivity index (χ0v) is 61.2. The van der Waals surface area contributed by atoms with E-state index in [1.807, 2.05) is 22.7 Å². The second-order valence-electron chi connectivity index (χ2n) is 28.8. The van der Waals surface area contributed by atoms with Crippen molar-refractivity contribution in [3.63, 3.8) is 0 Å². The highest BCUT2D eigenvalue weighted by atomic mass is 32.1. The van der Waals surface area contributed by atoms with Gasteiger partial charge in [0.2, 0.25) is 0 Å². The summed E-state index contributed by atoms with van der Waals surface area (Å²) in [5.74, 6) is 5.27. The minimum Gasteiger partial charge on any atom is -0.494 e. The number of hydrogen-bond acceptors (Lipinski definition) is 4. The van der Waals surface area contributed by atoms with E-state index in [1.165, 1.54) is 295 Å². The fourth-order valence-corrected chi connectivity index (χ4v) is 17.4. The average Bonchev–Trinajstić information content (AvgIpc) is 1.57. The number of hydrogen-bond donors (Lipinski definition) is 0. The number of thiophene rings is 2. The van der Waals surface area contributed by atoms with Crippen molar-refractivity contribution in [1.82, 2.24) is 0 Å². The lowest BCUT2D eigenvalue weighted by atomic mass is 9.71. The molecule has 0 aliphatic heterocycles. The summed E-state index contributed by atoms with van der Waals surface area (Å²) in [6.45, 7) is 20.7. The Balaban J connectivity index is 0.933. The minimum absolute atomic E-state index is 0.00833. The van der Waals surface area contributed by atoms with E-state index < -0.39 is 0 Å². The first kappa shape index (κ1) is 74.3. The number of unbranched alkanes of at least 4 members (excludes halogenated alkanes) is 20. The molecule has 2 aromatic heterocycles. The van der Waals surface area contributed by atoms with Gasteiger partial charge in [0.1, 0.15) is 11.5 Å². The Bertz CT molecular complexity index is 2640. The molecule has 4 aromatic carbocycles. The summed E-state index contributed by atoms with van der Waals surface area (Å²) in [4.78, 5) is 5.31. The predicted molar refractivity (Wildman–Crippen MR) is 405 cm³/mol. The van der Waals surface area contributed by atoms with E-state index in [9.17, 15) is 0 Å². The normalized spacial score (nSPS) is 13.9. The van der Waals surface area contributed by atoms with Crippen molar-refractivity contribution in [2.24, 2.45) is 23.7 Å². The molecule has 1 aliphatic carbocycles. The van der Waals surface area contributed by atoms with Crippen LogP contribution in [0.4, 0.5) is 0 Å². The number of benzene rings is 4. The Morgan fingerprint density at radius 2 is 0.593 bits per heavy atom. The molecule has 0 N–H and O–H groups in total. The number of fused-ring (bicyclic) bond motifs is 3. The van der Waals surface area contributed by atoms with Crippen molar-refractivity contribution in [2.45, 2.75) is 318 Å². The summed E-state index contributed by atoms with van der Waals surface area (Å²) >= 11 is 3.85. The fraction of sp³-hybridized carbons (Fsp3) is 0.632. The van der Waals surface area contributed by atoms with Crippen LogP contribution < -0.4 is 9.47 Å². The van der Waals surface area contributed by atoms with E-state index in [4.69, 9.17) is 9.47 Å². The molecule has 7 rings (SSSR count). The van der Waals surface area contributed by atoms with Gasteiger partial charge in [0.15, 0.2) is 0 Å². The van der Waals surface area contributed by atoms with Crippen molar-refractivity contribution in [3.05, 3.63) is 120 Å². The van der Waals surface area contributed by atoms with Crippen LogP contribution >= 0.6 is 22.7 Å². The summed E-state index contributed by atoms with van der Waals surface area (Å²) in [5.41, 5.74) is 11.1. The third-order valence-corrected chi connectivity index (χ3v) is 23.4. The zero-order chi connectivity index (χ0) is 64.1. The Morgan fingerprint density at radius 3 is 0.945 bits per heavy atom. The summed E-state index contributed by atoms with van der Waals surface area (Å²) in [6.07, 6.45) is 54.2. The second kappa shape index (κ2) is 43.1. The molecule has 0 saturated carbocycles. The Kier molecular flexibility index (Phi) is 35.1. The van der Waals surface area contributed by atoms with Gasteiger partial charge in [-0.05, 0) is 179 Å². The van der Waals surface area contributed by atoms with Gasteiger partial charge >= 0.3 is 0 Å². The molecule has 0 saturated heterocycles. The fourth-order valence-electron chi connectivity index (χ4n) is 15.4. The van der Waals surface area contributed by atoms with Crippen LogP contribution in [0.25, 0.3) is 52.9 Å². The largest absolute Gasteiger partial charge is 0.494 e. The van der Waals surface area contributed by atoms with Gasteiger partial charge in [-0.1, -0.05) is 311 Å². The summed E-state index contributed by atoms with van der Waals surface area (Å²) in [5, 5.41) is 0. The molecule has 4 atom stereocenters. The maximum atomic E-state index is 6.52. The van der Waals surface area contributed by atoms with Gasteiger partial charge in [-0.15, -0.1) is 22.7 Å². The monoisotopic (exact) mass is 1270 g/mol. The van der Waals surface area contributed by atoms with Crippen LogP contribution in [-0.2, 0) is 5.41 Å². The third kappa shape index (κ3) is 24.9. The predicted octanol–water partition coefficient (Wildman–Crippen LogP) is 29.7. The van der Waals surface area contributed by atoms with Gasteiger partial charge in [0, 0.05) is 24.9 Å². The van der Waals surface area contributed by atoms with Crippen LogP contribution in [0, 0.1) is 23.7 Å². The van der Waals surface area contributed by atoms with Crippen LogP contribution in [0.15, 0.2) is 109 Å². The van der Waals surface area contributed by atoms with Crippen molar-refractivity contribution < 1.29 is 9.47 Å². The quantitative estimate of drug-likeness (QED) is 0.0354. The van der Waals surface area contributed by atoms with E-state index >= 15 is 0 Å². The summed E-state index contributed by atoms with van der Waals surface area (Å²) in [7, 11) is 0. The molecule has 4 heteroatoms. The van der Waals surface area contributed by atoms with E-state index in [2.05, 4.69) is 165 Å². The molecule has 0 fully saturated rings. The van der Waals surface area contributed by atoms with Gasteiger partial charge in [0.25, 0.3) is 0 Å². The molecule has 0 spiro atoms. The van der Waals surface area contributed by atoms with Gasteiger partial charge in [-0.3, -0.25) is 0 Å². The maximum Gasteiger partial charge on any atom is 0.119 e. The molecule has 2 nitrogen and oxygen atoms in total. The van der Waals surface area contributed by atoms with Gasteiger partial charge < -0.3 is 9.47 Å². The van der Waals surface area contributed by atoms with Gasteiger partial charge in [-0.25, -0.2) is 0 Å². The molecular weight excluding hydrogens is 1140 g/mol. The molecular formula is C87H130O2S2. The zero-order valence-electron chi connectivity index (χ0n) is 59.5. The SMILES string of the molecule is CCCCCCCCC(C)CCCC(CCCCCCCC)CCOc1ccc(-c2ccc(-c3ccc4c(c3)C(CCC)(CCC)c3cc(-c5ccc(-c6ccc(OCCC(CCCCCCCC)CCCC(C)CCCCCCCC)cc6)s5)ccc3-4)s2)cc1. The molecule has 6 aromatic rings. The first-order valence-electron chi connectivity index (χ1n) is 38.7. The van der Waals surface area contributed by atoms with Gasteiger partial charge in [-0.2, -0.15) is 0 Å². The highest BCUT2D eigenvalue weighted by molar-refractivity contribution is 7.19. The molecule has 4 unspecified atom stereocenters. The lowest BCUT2D eigenvalue weighted by Gasteiger charge is -2.32. The Morgan fingerprint density at radius 1 is 0.297 bits per heavy atom. The molecule has 502 valence electrons. The molecule has 91 heavy (non-hydrogen) atoms. The van der Waals surface area contributed by atoms with Crippen LogP contribution in [0.5, 0.6) is 11.5 Å². The van der Waals surface area contributed by atoms with E-state index in [0.29, 0.717) is 0 Å². The lowest BCUT2D eigenvalue weighted by Crippen LogP contribution is -2.25. The van der Waals surface area contributed by atoms with Crippen molar-refractivity contribution in [2.75, 3.05) is 13.2 Å². The smallest absolute Gasteiger partial charge is 0.119 e. The molecule has 2 heterocycles. The molecule has 0 radical (unpaired) electrons.